The lowest BCUT2D eigenvalue weighted by Crippen LogP contribution is -2.52. The molecule has 0 amide bonds. The molecule has 21 heavy (non-hydrogen) atoms. The maximum absolute atomic E-state index is 11.4. The zero-order chi connectivity index (χ0) is 15.8. The van der Waals surface area contributed by atoms with Crippen molar-refractivity contribution >= 4 is 17.5 Å². The van der Waals surface area contributed by atoms with Crippen molar-refractivity contribution < 1.29 is 19.6 Å². The highest BCUT2D eigenvalue weighted by atomic mass is 16.6. The Morgan fingerprint density at radius 2 is 2.29 bits per heavy atom. The lowest BCUT2D eigenvalue weighted by atomic mass is 10.0. The molecule has 0 saturated carbocycles. The minimum Gasteiger partial charge on any atom is -0.478 e. The quantitative estimate of drug-likeness (QED) is 0.668. The molecular weight excluding hydrogens is 278 g/mol. The van der Waals surface area contributed by atoms with Gasteiger partial charge in [0.15, 0.2) is 0 Å². The Bertz CT molecular complexity index is 587. The fraction of sp³-hybridized carbons (Fsp3) is 0.538. The van der Waals surface area contributed by atoms with Crippen LogP contribution in [0.1, 0.15) is 31.1 Å². The summed E-state index contributed by atoms with van der Waals surface area (Å²) in [6, 6.07) is 1.04. The van der Waals surface area contributed by atoms with Crippen LogP contribution in [0.2, 0.25) is 0 Å². The zero-order valence-corrected chi connectivity index (χ0v) is 12.1. The number of carboxylic acid groups (broad SMARTS) is 1. The molecule has 1 N–H and O–H groups in total. The summed E-state index contributed by atoms with van der Waals surface area (Å²) in [7, 11) is 0. The highest BCUT2D eigenvalue weighted by Crippen LogP contribution is 2.28. The van der Waals surface area contributed by atoms with E-state index in [0.29, 0.717) is 13.1 Å². The third-order valence-corrected chi connectivity index (χ3v) is 3.16. The molecule has 0 aromatic carbocycles. The number of nitro groups is 1. The van der Waals surface area contributed by atoms with Gasteiger partial charge in [-0.3, -0.25) is 10.1 Å². The smallest absolute Gasteiger partial charge is 0.339 e. The Kier molecular flexibility index (Phi) is 3.82. The first-order valence-electron chi connectivity index (χ1n) is 6.50. The van der Waals surface area contributed by atoms with Gasteiger partial charge in [-0.25, -0.2) is 9.78 Å². The van der Waals surface area contributed by atoms with E-state index < -0.39 is 16.5 Å². The van der Waals surface area contributed by atoms with Crippen LogP contribution in [-0.4, -0.2) is 45.8 Å². The molecule has 114 valence electrons. The third-order valence-electron chi connectivity index (χ3n) is 3.16. The molecule has 1 saturated heterocycles. The molecule has 2 rings (SSSR count). The molecule has 1 unspecified atom stereocenters. The largest absolute Gasteiger partial charge is 0.478 e. The van der Waals surface area contributed by atoms with Crippen molar-refractivity contribution in [1.82, 2.24) is 4.98 Å². The van der Waals surface area contributed by atoms with E-state index in [2.05, 4.69) is 4.98 Å². The summed E-state index contributed by atoms with van der Waals surface area (Å²) < 4.78 is 5.76. The standard InChI is InChI=1S/C13H17N3O5/c1-8-6-15(7-13(2,3)21-8)11-10(12(17)18)4-9(5-14-11)16(19)20/h4-5,8H,6-7H2,1-3H3,(H,17,18). The van der Waals surface area contributed by atoms with Gasteiger partial charge in [-0.1, -0.05) is 0 Å². The number of ether oxygens (including phenoxy) is 1. The summed E-state index contributed by atoms with van der Waals surface area (Å²) >= 11 is 0. The SMILES string of the molecule is CC1CN(c2ncc([N+](=O)[O-])cc2C(=O)O)CC(C)(C)O1. The second kappa shape index (κ2) is 5.28. The van der Waals surface area contributed by atoms with Crippen LogP contribution in [0.4, 0.5) is 11.5 Å². The minimum absolute atomic E-state index is 0.0904. The Hall–Kier alpha value is -2.22. The van der Waals surface area contributed by atoms with E-state index in [1.165, 1.54) is 0 Å². The normalized spacial score (nSPS) is 21.1. The van der Waals surface area contributed by atoms with Gasteiger partial charge < -0.3 is 14.7 Å². The van der Waals surface area contributed by atoms with Crippen molar-refractivity contribution in [3.8, 4) is 0 Å². The fourth-order valence-corrected chi connectivity index (χ4v) is 2.57. The Morgan fingerprint density at radius 1 is 1.62 bits per heavy atom. The number of pyridine rings is 1. The minimum atomic E-state index is -1.24. The number of aromatic nitrogens is 1. The van der Waals surface area contributed by atoms with Crippen molar-refractivity contribution in [3.63, 3.8) is 0 Å². The van der Waals surface area contributed by atoms with Crippen LogP contribution in [0.3, 0.4) is 0 Å². The second-order valence-electron chi connectivity index (χ2n) is 5.70. The molecule has 0 bridgehead atoms. The van der Waals surface area contributed by atoms with Crippen LogP contribution in [-0.2, 0) is 4.74 Å². The molecule has 8 heteroatoms. The molecule has 1 atom stereocenters. The first kappa shape index (κ1) is 15.2. The number of rotatable bonds is 3. The molecule has 0 spiro atoms. The van der Waals surface area contributed by atoms with Crippen LogP contribution in [0.15, 0.2) is 12.3 Å². The van der Waals surface area contributed by atoms with E-state index in [-0.39, 0.29) is 23.2 Å². The number of anilines is 1. The molecular formula is C13H17N3O5. The summed E-state index contributed by atoms with van der Waals surface area (Å²) in [5.74, 6) is -1.01. The van der Waals surface area contributed by atoms with E-state index in [9.17, 15) is 20.0 Å². The Labute approximate surface area is 121 Å². The van der Waals surface area contributed by atoms with E-state index in [0.717, 1.165) is 12.3 Å². The number of hydrogen-bond acceptors (Lipinski definition) is 6. The number of carbonyl (C=O) groups is 1. The van der Waals surface area contributed by atoms with Crippen molar-refractivity contribution in [2.24, 2.45) is 0 Å². The summed E-state index contributed by atoms with van der Waals surface area (Å²) in [5.41, 5.74) is -0.956. The average molecular weight is 295 g/mol. The fourth-order valence-electron chi connectivity index (χ4n) is 2.57. The highest BCUT2D eigenvalue weighted by Gasteiger charge is 2.34. The first-order chi connectivity index (χ1) is 9.69. The summed E-state index contributed by atoms with van der Waals surface area (Å²) in [5, 5.41) is 20.0. The van der Waals surface area contributed by atoms with Gasteiger partial charge in [0.05, 0.1) is 16.6 Å². The number of aromatic carboxylic acids is 1. The van der Waals surface area contributed by atoms with Crippen molar-refractivity contribution in [2.45, 2.75) is 32.5 Å². The van der Waals surface area contributed by atoms with Gasteiger partial charge in [0.1, 0.15) is 17.6 Å². The van der Waals surface area contributed by atoms with Crippen molar-refractivity contribution in [2.75, 3.05) is 18.0 Å². The number of morpholine rings is 1. The van der Waals surface area contributed by atoms with Crippen LogP contribution in [0.5, 0.6) is 0 Å². The lowest BCUT2D eigenvalue weighted by Gasteiger charge is -2.42. The van der Waals surface area contributed by atoms with Gasteiger partial charge in [0, 0.05) is 19.2 Å². The Morgan fingerprint density at radius 3 is 2.81 bits per heavy atom. The first-order valence-corrected chi connectivity index (χ1v) is 6.50. The van der Waals surface area contributed by atoms with Crippen molar-refractivity contribution in [1.29, 1.82) is 0 Å². The molecule has 1 aromatic rings. The second-order valence-corrected chi connectivity index (χ2v) is 5.70. The number of hydrogen-bond donors (Lipinski definition) is 1. The van der Waals surface area contributed by atoms with Crippen LogP contribution in [0, 0.1) is 10.1 Å². The van der Waals surface area contributed by atoms with E-state index in [1.807, 2.05) is 20.8 Å². The molecule has 1 aromatic heterocycles. The third kappa shape index (κ3) is 3.27. The van der Waals surface area contributed by atoms with Gasteiger partial charge in [0.2, 0.25) is 0 Å². The van der Waals surface area contributed by atoms with Gasteiger partial charge in [-0.05, 0) is 20.8 Å². The van der Waals surface area contributed by atoms with E-state index in [4.69, 9.17) is 4.74 Å². The monoisotopic (exact) mass is 295 g/mol. The molecule has 0 aliphatic carbocycles. The molecule has 1 aliphatic rings. The summed E-state index contributed by atoms with van der Waals surface area (Å²) in [4.78, 5) is 27.2. The molecule has 2 heterocycles. The molecule has 8 nitrogen and oxygen atoms in total. The lowest BCUT2D eigenvalue weighted by molar-refractivity contribution is -0.385. The van der Waals surface area contributed by atoms with Crippen LogP contribution < -0.4 is 4.90 Å². The van der Waals surface area contributed by atoms with Gasteiger partial charge in [-0.15, -0.1) is 0 Å². The molecule has 1 fully saturated rings. The van der Waals surface area contributed by atoms with Crippen molar-refractivity contribution in [3.05, 3.63) is 27.9 Å². The van der Waals surface area contributed by atoms with Crippen LogP contribution >= 0.6 is 0 Å². The van der Waals surface area contributed by atoms with E-state index >= 15 is 0 Å². The number of nitrogens with zero attached hydrogens (tertiary/aromatic N) is 3. The number of carboxylic acids is 1. The highest BCUT2D eigenvalue weighted by molar-refractivity contribution is 5.94. The van der Waals surface area contributed by atoms with Gasteiger partial charge in [0.25, 0.3) is 5.69 Å². The molecule has 1 aliphatic heterocycles. The summed E-state index contributed by atoms with van der Waals surface area (Å²) in [6.07, 6.45) is 0.988. The predicted molar refractivity (Wildman–Crippen MR) is 74.7 cm³/mol. The molecule has 0 radical (unpaired) electrons. The predicted octanol–water partition coefficient (Wildman–Crippen LogP) is 1.69. The summed E-state index contributed by atoms with van der Waals surface area (Å²) in [6.45, 7) is 6.64. The maximum Gasteiger partial charge on any atom is 0.339 e. The maximum atomic E-state index is 11.4. The average Bonchev–Trinajstić information content (AvgIpc) is 2.35. The topological polar surface area (TPSA) is 106 Å². The van der Waals surface area contributed by atoms with Gasteiger partial charge >= 0.3 is 5.97 Å². The van der Waals surface area contributed by atoms with Gasteiger partial charge in [-0.2, -0.15) is 0 Å². The Balaban J connectivity index is 2.43. The van der Waals surface area contributed by atoms with E-state index in [1.54, 1.807) is 4.90 Å². The van der Waals surface area contributed by atoms with Crippen LogP contribution in [0.25, 0.3) is 0 Å². The zero-order valence-electron chi connectivity index (χ0n) is 12.1.